The molecule has 1 N–H and O–H groups in total. The Labute approximate surface area is 185 Å². The van der Waals surface area contributed by atoms with Crippen LogP contribution in [0.25, 0.3) is 0 Å². The smallest absolute Gasteiger partial charge is 0.169 e. The molecule has 5 rings (SSSR count). The number of hydrogen-bond acceptors (Lipinski definition) is 4. The zero-order valence-electron chi connectivity index (χ0n) is 16.2. The molecule has 3 aromatic carbocycles. The van der Waals surface area contributed by atoms with Crippen molar-refractivity contribution in [3.8, 4) is 5.75 Å². The average molecular weight is 439 g/mol. The zero-order chi connectivity index (χ0) is 20.7. The lowest BCUT2D eigenvalue weighted by Gasteiger charge is -2.43. The van der Waals surface area contributed by atoms with Crippen LogP contribution in [-0.4, -0.2) is 28.9 Å². The van der Waals surface area contributed by atoms with Crippen molar-refractivity contribution >= 4 is 29.0 Å². The quantitative estimate of drug-likeness (QED) is 0.620. The van der Waals surface area contributed by atoms with E-state index in [1.54, 1.807) is 12.1 Å². The van der Waals surface area contributed by atoms with E-state index in [0.717, 1.165) is 28.1 Å². The van der Waals surface area contributed by atoms with E-state index in [1.165, 1.54) is 0 Å². The van der Waals surface area contributed by atoms with Crippen molar-refractivity contribution in [3.05, 3.63) is 99.0 Å². The maximum Gasteiger partial charge on any atom is 0.169 e. The minimum absolute atomic E-state index is 0.276. The number of aliphatic imine (C=N–C) groups is 1. The molecule has 0 saturated carbocycles. The molecule has 0 aliphatic carbocycles. The molecule has 30 heavy (non-hydrogen) atoms. The predicted molar refractivity (Wildman–Crippen MR) is 119 cm³/mol. The molecule has 6 heteroatoms. The third kappa shape index (κ3) is 3.25. The van der Waals surface area contributed by atoms with Crippen LogP contribution in [0, 0.1) is 0 Å². The average Bonchev–Trinajstić information content (AvgIpc) is 3.25. The summed E-state index contributed by atoms with van der Waals surface area (Å²) in [7, 11) is 0. The molecule has 2 aliphatic heterocycles. The molecule has 0 spiro atoms. The van der Waals surface area contributed by atoms with Crippen molar-refractivity contribution in [1.29, 1.82) is 0 Å². The van der Waals surface area contributed by atoms with Crippen LogP contribution in [-0.2, 0) is 18.8 Å². The molecule has 3 aromatic rings. The lowest BCUT2D eigenvalue weighted by atomic mass is 9.86. The van der Waals surface area contributed by atoms with E-state index in [1.807, 2.05) is 47.4 Å². The molecule has 1 atom stereocenters. The van der Waals surface area contributed by atoms with Gasteiger partial charge >= 0.3 is 0 Å². The summed E-state index contributed by atoms with van der Waals surface area (Å²) in [6.45, 7) is 1.66. The van der Waals surface area contributed by atoms with Crippen LogP contribution in [0.2, 0.25) is 10.0 Å². The second kappa shape index (κ2) is 7.62. The summed E-state index contributed by atoms with van der Waals surface area (Å²) in [5.41, 5.74) is 2.65. The van der Waals surface area contributed by atoms with E-state index in [2.05, 4.69) is 17.1 Å². The summed E-state index contributed by atoms with van der Waals surface area (Å²) in [4.78, 5) is 6.66. The van der Waals surface area contributed by atoms with Crippen molar-refractivity contribution < 1.29 is 9.84 Å². The lowest BCUT2D eigenvalue weighted by Crippen LogP contribution is -2.53. The van der Waals surface area contributed by atoms with Crippen LogP contribution >= 0.6 is 23.2 Å². The fourth-order valence-electron chi connectivity index (χ4n) is 4.19. The molecule has 2 aliphatic rings. The van der Waals surface area contributed by atoms with E-state index in [4.69, 9.17) is 27.9 Å². The molecule has 0 radical (unpaired) electrons. The van der Waals surface area contributed by atoms with Gasteiger partial charge in [0.1, 0.15) is 18.2 Å². The fourth-order valence-corrected chi connectivity index (χ4v) is 4.70. The van der Waals surface area contributed by atoms with E-state index in [9.17, 15) is 5.11 Å². The highest BCUT2D eigenvalue weighted by molar-refractivity contribution is 6.35. The van der Waals surface area contributed by atoms with E-state index in [0.29, 0.717) is 35.3 Å². The number of halogens is 2. The van der Waals surface area contributed by atoms with Gasteiger partial charge in [0, 0.05) is 39.7 Å². The van der Waals surface area contributed by atoms with Gasteiger partial charge in [0.15, 0.2) is 5.72 Å². The Bertz CT molecular complexity index is 1110. The number of nitrogens with zero attached hydrogens (tertiary/aromatic N) is 2. The van der Waals surface area contributed by atoms with Crippen molar-refractivity contribution in [2.24, 2.45) is 4.99 Å². The number of aliphatic hydroxyl groups is 1. The normalized spacial score (nSPS) is 19.8. The van der Waals surface area contributed by atoms with Gasteiger partial charge in [-0.2, -0.15) is 0 Å². The van der Waals surface area contributed by atoms with Gasteiger partial charge in [-0.05, 0) is 29.8 Å². The molecule has 0 amide bonds. The molecule has 4 nitrogen and oxygen atoms in total. The molecule has 2 heterocycles. The maximum absolute atomic E-state index is 11.7. The maximum atomic E-state index is 11.7. The predicted octanol–water partition coefficient (Wildman–Crippen LogP) is 5.04. The minimum Gasteiger partial charge on any atom is -0.489 e. The van der Waals surface area contributed by atoms with Crippen LogP contribution in [0.15, 0.2) is 71.7 Å². The summed E-state index contributed by atoms with van der Waals surface area (Å²) in [5.74, 6) is 1.55. The first kappa shape index (κ1) is 19.4. The van der Waals surface area contributed by atoms with Gasteiger partial charge in [-0.25, -0.2) is 0 Å². The summed E-state index contributed by atoms with van der Waals surface area (Å²) in [6, 6.07) is 21.1. The van der Waals surface area contributed by atoms with Gasteiger partial charge in [0.25, 0.3) is 0 Å². The summed E-state index contributed by atoms with van der Waals surface area (Å²) >= 11 is 12.4. The lowest BCUT2D eigenvalue weighted by molar-refractivity contribution is -0.0745. The third-order valence-corrected chi connectivity index (χ3v) is 6.45. The van der Waals surface area contributed by atoms with Crippen LogP contribution in [0.4, 0.5) is 0 Å². The molecular formula is C24H20Cl2N2O2. The Morgan fingerprint density at radius 2 is 1.70 bits per heavy atom. The molecule has 0 saturated heterocycles. The van der Waals surface area contributed by atoms with Crippen molar-refractivity contribution in [3.63, 3.8) is 0 Å². The van der Waals surface area contributed by atoms with Gasteiger partial charge in [-0.3, -0.25) is 4.99 Å². The zero-order valence-corrected chi connectivity index (χ0v) is 17.7. The van der Waals surface area contributed by atoms with Crippen molar-refractivity contribution in [1.82, 2.24) is 4.90 Å². The Morgan fingerprint density at radius 1 is 0.967 bits per heavy atom. The fraction of sp³-hybridized carbons (Fsp3) is 0.208. The summed E-state index contributed by atoms with van der Waals surface area (Å²) in [5, 5.41) is 12.9. The minimum atomic E-state index is -1.13. The number of amidine groups is 1. The van der Waals surface area contributed by atoms with Gasteiger partial charge < -0.3 is 14.7 Å². The standard InChI is InChI=1S/C24H20Cl2N2O2/c25-21-6-3-7-22(26)20(21)15-30-18-10-8-17(9-11-18)24(29)14-16-4-1-2-5-19(16)23-27-12-13-28(23)24/h1-11,29H,12-15H2/t24-/m0/s1. The van der Waals surface area contributed by atoms with Crippen LogP contribution in [0.1, 0.15) is 22.3 Å². The Kier molecular flexibility index (Phi) is 4.94. The van der Waals surface area contributed by atoms with E-state index < -0.39 is 5.72 Å². The molecule has 0 fully saturated rings. The molecule has 0 aromatic heterocycles. The molecular weight excluding hydrogens is 419 g/mol. The third-order valence-electron chi connectivity index (χ3n) is 5.74. The van der Waals surface area contributed by atoms with Gasteiger partial charge in [0.05, 0.1) is 6.54 Å². The molecule has 0 unspecified atom stereocenters. The monoisotopic (exact) mass is 438 g/mol. The van der Waals surface area contributed by atoms with Gasteiger partial charge in [0.2, 0.25) is 0 Å². The van der Waals surface area contributed by atoms with Crippen molar-refractivity contribution in [2.75, 3.05) is 13.1 Å². The largest absolute Gasteiger partial charge is 0.489 e. The van der Waals surface area contributed by atoms with Crippen molar-refractivity contribution in [2.45, 2.75) is 18.8 Å². The Morgan fingerprint density at radius 3 is 2.47 bits per heavy atom. The topological polar surface area (TPSA) is 45.1 Å². The number of benzene rings is 3. The highest BCUT2D eigenvalue weighted by Crippen LogP contribution is 2.39. The second-order valence-electron chi connectivity index (χ2n) is 7.52. The van der Waals surface area contributed by atoms with E-state index >= 15 is 0 Å². The SMILES string of the molecule is O[C@]1(c2ccc(OCc3c(Cl)cccc3Cl)cc2)Cc2ccccc2C2=NCCN21. The number of fused-ring (bicyclic) bond motifs is 3. The Balaban J connectivity index is 1.40. The first-order valence-corrected chi connectivity index (χ1v) is 10.6. The molecule has 0 bridgehead atoms. The second-order valence-corrected chi connectivity index (χ2v) is 8.34. The summed E-state index contributed by atoms with van der Waals surface area (Å²) in [6.07, 6.45) is 0.512. The van der Waals surface area contributed by atoms with Crippen LogP contribution < -0.4 is 4.74 Å². The number of ether oxygens (including phenoxy) is 1. The molecule has 152 valence electrons. The summed E-state index contributed by atoms with van der Waals surface area (Å²) < 4.78 is 5.88. The van der Waals surface area contributed by atoms with Gasteiger partial charge in [-0.15, -0.1) is 0 Å². The highest BCUT2D eigenvalue weighted by Gasteiger charge is 2.44. The first-order valence-electron chi connectivity index (χ1n) is 9.85. The highest BCUT2D eigenvalue weighted by atomic mass is 35.5. The van der Waals surface area contributed by atoms with E-state index in [-0.39, 0.29) is 6.61 Å². The number of rotatable bonds is 4. The van der Waals surface area contributed by atoms with Crippen LogP contribution in [0.5, 0.6) is 5.75 Å². The van der Waals surface area contributed by atoms with Gasteiger partial charge in [-0.1, -0.05) is 65.7 Å². The Hall–Kier alpha value is -2.53. The first-order chi connectivity index (χ1) is 14.6. The number of hydrogen-bond donors (Lipinski definition) is 1. The van der Waals surface area contributed by atoms with Crippen LogP contribution in [0.3, 0.4) is 0 Å².